The van der Waals surface area contributed by atoms with E-state index >= 15 is 0 Å². The predicted octanol–water partition coefficient (Wildman–Crippen LogP) is -1.81. The van der Waals surface area contributed by atoms with Crippen LogP contribution in [0.5, 0.6) is 0 Å². The van der Waals surface area contributed by atoms with Crippen molar-refractivity contribution in [1.82, 2.24) is 9.97 Å². The van der Waals surface area contributed by atoms with E-state index in [0.29, 0.717) is 0 Å². The summed E-state index contributed by atoms with van der Waals surface area (Å²) in [4.78, 5) is 30.8. The zero-order valence-electron chi connectivity index (χ0n) is 7.43. The summed E-state index contributed by atoms with van der Waals surface area (Å²) in [5, 5.41) is 0. The third-order valence-corrected chi connectivity index (χ3v) is 1.26. The maximum Gasteiger partial charge on any atom is 0.302 e. The van der Waals surface area contributed by atoms with Crippen LogP contribution >= 0.6 is 12.4 Å². The van der Waals surface area contributed by atoms with E-state index in [0.717, 1.165) is 6.20 Å². The minimum absolute atomic E-state index is 0. The number of aromatic nitrogens is 2. The molecule has 0 unspecified atom stereocenters. The van der Waals surface area contributed by atoms with E-state index in [2.05, 4.69) is 15.0 Å². The van der Waals surface area contributed by atoms with Crippen molar-refractivity contribution >= 4 is 30.1 Å². The molecule has 1 aromatic rings. The third-order valence-electron chi connectivity index (χ3n) is 1.26. The largest absolute Gasteiger partial charge is 0.383 e. The minimum atomic E-state index is -0.807. The Morgan fingerprint density at radius 3 is 2.53 bits per heavy atom. The molecule has 7 N–H and O–H groups in total. The first-order valence-electron chi connectivity index (χ1n) is 3.49. The lowest BCUT2D eigenvalue weighted by Gasteiger charge is -1.98. The van der Waals surface area contributed by atoms with Crippen molar-refractivity contribution in [3.8, 4) is 0 Å². The summed E-state index contributed by atoms with van der Waals surface area (Å²) in [5.74, 6) is -1.38. The van der Waals surface area contributed by atoms with Gasteiger partial charge >= 0.3 is 5.91 Å². The summed E-state index contributed by atoms with van der Waals surface area (Å²) in [5.41, 5.74) is 14.6. The smallest absolute Gasteiger partial charge is 0.302 e. The van der Waals surface area contributed by atoms with Crippen LogP contribution in [0.3, 0.4) is 0 Å². The Morgan fingerprint density at radius 1 is 1.47 bits per heavy atom. The van der Waals surface area contributed by atoms with Gasteiger partial charge in [-0.1, -0.05) is 0 Å². The molecule has 0 aliphatic rings. The average molecular weight is 233 g/mol. The molecule has 0 spiro atoms. The summed E-state index contributed by atoms with van der Waals surface area (Å²) >= 11 is 0. The second kappa shape index (κ2) is 4.96. The number of anilines is 1. The van der Waals surface area contributed by atoms with Crippen molar-refractivity contribution in [1.29, 1.82) is 0 Å². The summed E-state index contributed by atoms with van der Waals surface area (Å²) in [6.45, 7) is 0. The number of aromatic amines is 1. The van der Waals surface area contributed by atoms with Crippen molar-refractivity contribution < 1.29 is 4.79 Å². The second-order valence-electron chi connectivity index (χ2n) is 2.35. The lowest BCUT2D eigenvalue weighted by Crippen LogP contribution is -2.25. The zero-order valence-corrected chi connectivity index (χ0v) is 8.25. The molecule has 0 saturated heterocycles. The van der Waals surface area contributed by atoms with Gasteiger partial charge in [-0.3, -0.25) is 9.59 Å². The van der Waals surface area contributed by atoms with Gasteiger partial charge in [0.1, 0.15) is 5.82 Å². The SMILES string of the molecule is Cl.NC(N)=NC(=O)c1ncc(=O)[nH]c1N. The number of nitrogens with zero attached hydrogens (tertiary/aromatic N) is 2. The number of aliphatic imine (C=N–C) groups is 1. The highest BCUT2D eigenvalue weighted by molar-refractivity contribution is 6.03. The van der Waals surface area contributed by atoms with E-state index < -0.39 is 17.4 Å². The molecule has 1 amide bonds. The molecule has 0 radical (unpaired) electrons. The van der Waals surface area contributed by atoms with Gasteiger partial charge in [-0.25, -0.2) is 4.98 Å². The number of nitrogen functional groups attached to an aromatic ring is 1. The predicted molar refractivity (Wildman–Crippen MR) is 56.7 cm³/mol. The Hall–Kier alpha value is -2.09. The molecule has 0 aromatic carbocycles. The number of amides is 1. The molecule has 0 fully saturated rings. The van der Waals surface area contributed by atoms with Crippen molar-refractivity contribution in [3.63, 3.8) is 0 Å². The molecule has 0 aliphatic carbocycles. The number of carbonyl (C=O) groups excluding carboxylic acids is 1. The Labute approximate surface area is 90.0 Å². The van der Waals surface area contributed by atoms with Crippen LogP contribution < -0.4 is 22.8 Å². The van der Waals surface area contributed by atoms with E-state index in [9.17, 15) is 9.59 Å². The van der Waals surface area contributed by atoms with Crippen molar-refractivity contribution in [2.75, 3.05) is 5.73 Å². The number of nitrogens with one attached hydrogen (secondary N) is 1. The van der Waals surface area contributed by atoms with Crippen LogP contribution in [-0.4, -0.2) is 21.8 Å². The van der Waals surface area contributed by atoms with Crippen LogP contribution in [0.15, 0.2) is 16.0 Å². The Balaban J connectivity index is 0.00000196. The van der Waals surface area contributed by atoms with E-state index in [1.54, 1.807) is 0 Å². The second-order valence-corrected chi connectivity index (χ2v) is 2.35. The molecule has 1 rings (SSSR count). The molecule has 0 saturated carbocycles. The fourth-order valence-corrected chi connectivity index (χ4v) is 0.758. The number of nitrogens with two attached hydrogens (primary N) is 3. The standard InChI is InChI=1S/C6H8N6O2.ClH/c7-4-3(5(14)12-6(8)9)10-1-2(13)11-4;/h1H,(H3,7,11,13)(H4,8,9,12,14);1H. The van der Waals surface area contributed by atoms with Gasteiger partial charge in [0, 0.05) is 0 Å². The molecule has 0 atom stereocenters. The number of hydrogen-bond donors (Lipinski definition) is 4. The first kappa shape index (κ1) is 12.9. The quantitative estimate of drug-likeness (QED) is 0.330. The third kappa shape index (κ3) is 3.27. The van der Waals surface area contributed by atoms with Crippen molar-refractivity contribution in [2.24, 2.45) is 16.5 Å². The van der Waals surface area contributed by atoms with E-state index in [4.69, 9.17) is 17.2 Å². The molecular formula is C6H9ClN6O2. The highest BCUT2D eigenvalue weighted by atomic mass is 35.5. The monoisotopic (exact) mass is 232 g/mol. The summed E-state index contributed by atoms with van der Waals surface area (Å²) in [6, 6.07) is 0. The zero-order chi connectivity index (χ0) is 10.7. The van der Waals surface area contributed by atoms with Gasteiger partial charge < -0.3 is 22.2 Å². The normalized spacial score (nSPS) is 8.80. The first-order chi connectivity index (χ1) is 6.50. The molecule has 1 aromatic heterocycles. The fraction of sp³-hybridized carbons (Fsp3) is 0. The molecule has 9 heteroatoms. The minimum Gasteiger partial charge on any atom is -0.383 e. The number of H-pyrrole nitrogens is 1. The molecule has 0 aliphatic heterocycles. The van der Waals surface area contributed by atoms with Gasteiger partial charge in [0.2, 0.25) is 0 Å². The van der Waals surface area contributed by atoms with Crippen LogP contribution in [0.25, 0.3) is 0 Å². The summed E-state index contributed by atoms with van der Waals surface area (Å²) in [7, 11) is 0. The van der Waals surface area contributed by atoms with Gasteiger partial charge in [0.05, 0.1) is 6.20 Å². The highest BCUT2D eigenvalue weighted by Gasteiger charge is 2.11. The fourth-order valence-electron chi connectivity index (χ4n) is 0.758. The van der Waals surface area contributed by atoms with Crippen LogP contribution in [0.4, 0.5) is 5.82 Å². The molecule has 8 nitrogen and oxygen atoms in total. The number of hydrogen-bond acceptors (Lipinski definition) is 4. The first-order valence-corrected chi connectivity index (χ1v) is 3.49. The van der Waals surface area contributed by atoms with Gasteiger partial charge in [0.15, 0.2) is 11.7 Å². The van der Waals surface area contributed by atoms with E-state index in [1.165, 1.54) is 0 Å². The number of carbonyl (C=O) groups is 1. The molecule has 82 valence electrons. The van der Waals surface area contributed by atoms with Crippen LogP contribution in [0.1, 0.15) is 10.5 Å². The Morgan fingerprint density at radius 2 is 2.07 bits per heavy atom. The van der Waals surface area contributed by atoms with E-state index in [1.807, 2.05) is 0 Å². The number of rotatable bonds is 1. The average Bonchev–Trinajstić information content (AvgIpc) is 2.01. The number of guanidine groups is 1. The maximum atomic E-state index is 11.2. The molecule has 0 bridgehead atoms. The van der Waals surface area contributed by atoms with Gasteiger partial charge in [0.25, 0.3) is 5.56 Å². The van der Waals surface area contributed by atoms with Crippen LogP contribution in [-0.2, 0) is 0 Å². The van der Waals surface area contributed by atoms with Crippen molar-refractivity contribution in [2.45, 2.75) is 0 Å². The summed E-state index contributed by atoms with van der Waals surface area (Å²) in [6.07, 6.45) is 0.909. The van der Waals surface area contributed by atoms with Crippen molar-refractivity contribution in [3.05, 3.63) is 22.2 Å². The Kier molecular flexibility index (Phi) is 4.27. The van der Waals surface area contributed by atoms with E-state index in [-0.39, 0.29) is 23.9 Å². The maximum absolute atomic E-state index is 11.2. The van der Waals surface area contributed by atoms with Crippen LogP contribution in [0, 0.1) is 0 Å². The molecule has 1 heterocycles. The molecular weight excluding hydrogens is 224 g/mol. The van der Waals surface area contributed by atoms with Crippen LogP contribution in [0.2, 0.25) is 0 Å². The highest BCUT2D eigenvalue weighted by Crippen LogP contribution is 2.02. The lowest BCUT2D eigenvalue weighted by atomic mass is 10.4. The molecule has 15 heavy (non-hydrogen) atoms. The number of halogens is 1. The Bertz CT molecular complexity index is 449. The topological polar surface area (TPSA) is 153 Å². The van der Waals surface area contributed by atoms with Gasteiger partial charge in [-0.2, -0.15) is 4.99 Å². The summed E-state index contributed by atoms with van der Waals surface area (Å²) < 4.78 is 0. The lowest BCUT2D eigenvalue weighted by molar-refractivity contribution is 0.0998. The van der Waals surface area contributed by atoms with Gasteiger partial charge in [-0.15, -0.1) is 12.4 Å². The van der Waals surface area contributed by atoms with Gasteiger partial charge in [-0.05, 0) is 0 Å².